The fourth-order valence-corrected chi connectivity index (χ4v) is 3.00. The summed E-state index contributed by atoms with van der Waals surface area (Å²) >= 11 is 11.7. The van der Waals surface area contributed by atoms with E-state index in [1.165, 1.54) is 6.07 Å². The van der Waals surface area contributed by atoms with E-state index in [-0.39, 0.29) is 17.9 Å². The zero-order valence-electron chi connectivity index (χ0n) is 11.8. The van der Waals surface area contributed by atoms with Gasteiger partial charge in [0.25, 0.3) is 0 Å². The van der Waals surface area contributed by atoms with Crippen LogP contribution in [0.4, 0.5) is 4.39 Å². The van der Waals surface area contributed by atoms with E-state index in [1.807, 2.05) is 0 Å². The third-order valence-corrected chi connectivity index (χ3v) is 4.25. The van der Waals surface area contributed by atoms with E-state index in [2.05, 4.69) is 4.90 Å². The Morgan fingerprint density at radius 1 is 1.24 bits per heavy atom. The summed E-state index contributed by atoms with van der Waals surface area (Å²) in [6.45, 7) is 3.94. The maximum atomic E-state index is 13.7. The molecule has 0 bridgehead atoms. The van der Waals surface area contributed by atoms with Crippen LogP contribution in [-0.2, 0) is 11.2 Å². The van der Waals surface area contributed by atoms with Crippen LogP contribution in [0.1, 0.15) is 12.0 Å². The van der Waals surface area contributed by atoms with E-state index in [9.17, 15) is 9.18 Å². The van der Waals surface area contributed by atoms with E-state index in [0.717, 1.165) is 26.1 Å². The molecule has 2 rings (SSSR count). The quantitative estimate of drug-likeness (QED) is 0.791. The maximum Gasteiger partial charge on any atom is 0.227 e. The van der Waals surface area contributed by atoms with Crippen molar-refractivity contribution in [2.24, 2.45) is 0 Å². The molecule has 116 valence electrons. The number of halogens is 3. The van der Waals surface area contributed by atoms with Crippen LogP contribution >= 0.6 is 23.2 Å². The molecule has 0 spiro atoms. The molecule has 1 fully saturated rings. The number of carbonyl (C=O) groups excluding carboxylic acids is 1. The molecule has 21 heavy (non-hydrogen) atoms. The van der Waals surface area contributed by atoms with Crippen molar-refractivity contribution in [3.63, 3.8) is 0 Å². The summed E-state index contributed by atoms with van der Waals surface area (Å²) in [6.07, 6.45) is 0.925. The van der Waals surface area contributed by atoms with Gasteiger partial charge >= 0.3 is 0 Å². The van der Waals surface area contributed by atoms with E-state index >= 15 is 0 Å². The van der Waals surface area contributed by atoms with Crippen LogP contribution in [0.15, 0.2) is 18.2 Å². The van der Waals surface area contributed by atoms with Gasteiger partial charge in [-0.05, 0) is 25.1 Å². The molecule has 0 aromatic heterocycles. The Kier molecular flexibility index (Phi) is 6.27. The first-order valence-corrected chi connectivity index (χ1v) is 8.02. The molecule has 3 nitrogen and oxygen atoms in total. The summed E-state index contributed by atoms with van der Waals surface area (Å²) in [5.41, 5.74) is 0.283. The molecule has 1 aromatic carbocycles. The molecule has 0 unspecified atom stereocenters. The van der Waals surface area contributed by atoms with Crippen LogP contribution in [0.3, 0.4) is 0 Å². The molecule has 1 aliphatic rings. The van der Waals surface area contributed by atoms with Crippen molar-refractivity contribution in [1.29, 1.82) is 0 Å². The van der Waals surface area contributed by atoms with Crippen molar-refractivity contribution in [2.45, 2.75) is 12.8 Å². The van der Waals surface area contributed by atoms with E-state index in [1.54, 1.807) is 17.0 Å². The van der Waals surface area contributed by atoms with Gasteiger partial charge in [-0.15, -0.1) is 11.6 Å². The molecule has 0 N–H and O–H groups in total. The number of hydrogen-bond donors (Lipinski definition) is 0. The second-order valence-electron chi connectivity index (χ2n) is 5.14. The number of benzene rings is 1. The van der Waals surface area contributed by atoms with Crippen LogP contribution < -0.4 is 0 Å². The van der Waals surface area contributed by atoms with E-state index in [4.69, 9.17) is 23.2 Å². The van der Waals surface area contributed by atoms with E-state index in [0.29, 0.717) is 24.0 Å². The lowest BCUT2D eigenvalue weighted by atomic mass is 10.1. The third-order valence-electron chi connectivity index (χ3n) is 3.73. The Morgan fingerprint density at radius 2 is 2.05 bits per heavy atom. The molecular weight excluding hydrogens is 314 g/mol. The average Bonchev–Trinajstić information content (AvgIpc) is 2.69. The Labute approximate surface area is 134 Å². The minimum atomic E-state index is -0.422. The lowest BCUT2D eigenvalue weighted by molar-refractivity contribution is -0.130. The van der Waals surface area contributed by atoms with Gasteiger partial charge in [-0.25, -0.2) is 4.39 Å². The normalized spacial score (nSPS) is 16.8. The first kappa shape index (κ1) is 16.5. The average molecular weight is 333 g/mol. The monoisotopic (exact) mass is 332 g/mol. The van der Waals surface area contributed by atoms with Gasteiger partial charge in [-0.1, -0.05) is 17.7 Å². The van der Waals surface area contributed by atoms with Gasteiger partial charge in [-0.3, -0.25) is 4.79 Å². The molecule has 6 heteroatoms. The lowest BCUT2D eigenvalue weighted by Gasteiger charge is -2.22. The van der Waals surface area contributed by atoms with Gasteiger partial charge in [0.05, 0.1) is 6.42 Å². The predicted octanol–water partition coefficient (Wildman–Crippen LogP) is 2.79. The highest BCUT2D eigenvalue weighted by Crippen LogP contribution is 2.20. The first-order chi connectivity index (χ1) is 10.1. The summed E-state index contributed by atoms with van der Waals surface area (Å²) in [4.78, 5) is 16.4. The van der Waals surface area contributed by atoms with Crippen molar-refractivity contribution in [1.82, 2.24) is 9.80 Å². The van der Waals surface area contributed by atoms with Crippen LogP contribution in [0.25, 0.3) is 0 Å². The van der Waals surface area contributed by atoms with Crippen LogP contribution in [0, 0.1) is 5.82 Å². The molecule has 1 aromatic rings. The topological polar surface area (TPSA) is 23.6 Å². The fourth-order valence-electron chi connectivity index (χ4n) is 2.53. The minimum Gasteiger partial charge on any atom is -0.341 e. The van der Waals surface area contributed by atoms with Crippen molar-refractivity contribution >= 4 is 29.1 Å². The van der Waals surface area contributed by atoms with Crippen LogP contribution in [-0.4, -0.2) is 54.3 Å². The smallest absolute Gasteiger partial charge is 0.227 e. The van der Waals surface area contributed by atoms with Gasteiger partial charge in [0.15, 0.2) is 0 Å². The summed E-state index contributed by atoms with van der Waals surface area (Å²) in [7, 11) is 0. The van der Waals surface area contributed by atoms with Gasteiger partial charge < -0.3 is 9.80 Å². The maximum absolute atomic E-state index is 13.7. The Morgan fingerprint density at radius 3 is 2.76 bits per heavy atom. The largest absolute Gasteiger partial charge is 0.341 e. The van der Waals surface area contributed by atoms with Gasteiger partial charge in [-0.2, -0.15) is 0 Å². The Bertz CT molecular complexity index is 478. The van der Waals surface area contributed by atoms with Gasteiger partial charge in [0.1, 0.15) is 5.82 Å². The van der Waals surface area contributed by atoms with Crippen molar-refractivity contribution in [3.05, 3.63) is 34.6 Å². The summed E-state index contributed by atoms with van der Waals surface area (Å²) in [6, 6.07) is 4.48. The summed E-state index contributed by atoms with van der Waals surface area (Å²) in [5, 5.41) is 0.307. The highest BCUT2D eigenvalue weighted by molar-refractivity contribution is 6.31. The summed E-state index contributed by atoms with van der Waals surface area (Å²) in [5.74, 6) is 0.0999. The van der Waals surface area contributed by atoms with Crippen LogP contribution in [0.2, 0.25) is 5.02 Å². The molecule has 1 saturated heterocycles. The predicted molar refractivity (Wildman–Crippen MR) is 83.5 cm³/mol. The number of amides is 1. The Hall–Kier alpha value is -0.840. The molecule has 1 amide bonds. The number of alkyl halides is 1. The zero-order chi connectivity index (χ0) is 15.2. The lowest BCUT2D eigenvalue weighted by Crippen LogP contribution is -2.36. The highest BCUT2D eigenvalue weighted by atomic mass is 35.5. The molecular formula is C15H19Cl2FN2O. The number of nitrogens with zero attached hydrogens (tertiary/aromatic N) is 2. The Balaban J connectivity index is 1.97. The highest BCUT2D eigenvalue weighted by Gasteiger charge is 2.21. The van der Waals surface area contributed by atoms with E-state index < -0.39 is 5.82 Å². The molecule has 1 aliphatic heterocycles. The number of hydrogen-bond acceptors (Lipinski definition) is 2. The molecule has 0 aliphatic carbocycles. The first-order valence-electron chi connectivity index (χ1n) is 7.11. The molecule has 0 atom stereocenters. The number of rotatable bonds is 4. The zero-order valence-corrected chi connectivity index (χ0v) is 13.3. The molecule has 1 heterocycles. The number of carbonyl (C=O) groups is 1. The van der Waals surface area contributed by atoms with Crippen molar-refractivity contribution < 1.29 is 9.18 Å². The minimum absolute atomic E-state index is 0.0149. The summed E-state index contributed by atoms with van der Waals surface area (Å²) < 4.78 is 13.7. The van der Waals surface area contributed by atoms with Crippen molar-refractivity contribution in [3.8, 4) is 0 Å². The molecule has 0 saturated carbocycles. The second kappa shape index (κ2) is 7.97. The molecule has 0 radical (unpaired) electrons. The van der Waals surface area contributed by atoms with Crippen LogP contribution in [0.5, 0.6) is 0 Å². The van der Waals surface area contributed by atoms with Gasteiger partial charge in [0, 0.05) is 42.6 Å². The fraction of sp³-hybridized carbons (Fsp3) is 0.533. The third kappa shape index (κ3) is 4.56. The second-order valence-corrected chi connectivity index (χ2v) is 5.93. The SMILES string of the molecule is O=C(Cc1c(F)cccc1Cl)N1CCCN(CCCl)CC1. The van der Waals surface area contributed by atoms with Gasteiger partial charge in [0.2, 0.25) is 5.91 Å². The van der Waals surface area contributed by atoms with Crippen molar-refractivity contribution in [2.75, 3.05) is 38.6 Å². The standard InChI is InChI=1S/C15H19Cl2FN2O/c16-5-8-19-6-2-7-20(10-9-19)15(21)11-12-13(17)3-1-4-14(12)18/h1,3-4H,2,5-11H2.